The fourth-order valence-corrected chi connectivity index (χ4v) is 1.53. The zero-order valence-electron chi connectivity index (χ0n) is 11.3. The van der Waals surface area contributed by atoms with Crippen LogP contribution in [0.25, 0.3) is 0 Å². The number of anilines is 1. The average molecular weight is 305 g/mol. The first-order valence-corrected chi connectivity index (χ1v) is 5.89. The number of halogens is 2. The molecule has 0 bridgehead atoms. The van der Waals surface area contributed by atoms with E-state index < -0.39 is 18.2 Å². The molecule has 0 spiro atoms. The third kappa shape index (κ3) is 5.14. The Morgan fingerprint density at radius 1 is 1.35 bits per heavy atom. The highest BCUT2D eigenvalue weighted by Gasteiger charge is 2.27. The van der Waals surface area contributed by atoms with Gasteiger partial charge in [-0.1, -0.05) is 12.1 Å². The number of ether oxygens (including phenoxy) is 1. The molecule has 0 saturated carbocycles. The van der Waals surface area contributed by atoms with Crippen molar-refractivity contribution >= 4 is 30.0 Å². The third-order valence-corrected chi connectivity index (χ3v) is 2.44. The zero-order chi connectivity index (χ0) is 14.4. The lowest BCUT2D eigenvalue weighted by Crippen LogP contribution is -2.31. The van der Waals surface area contributed by atoms with E-state index >= 15 is 0 Å². The zero-order valence-corrected chi connectivity index (χ0v) is 12.1. The van der Waals surface area contributed by atoms with E-state index in [0.717, 1.165) is 0 Å². The van der Waals surface area contributed by atoms with Gasteiger partial charge >= 0.3 is 5.97 Å². The summed E-state index contributed by atoms with van der Waals surface area (Å²) in [4.78, 5) is 22.1. The third-order valence-electron chi connectivity index (χ3n) is 2.44. The number of nitrogens with one attached hydrogen (secondary N) is 1. The number of hydrogen-bond acceptors (Lipinski definition) is 4. The van der Waals surface area contributed by atoms with Gasteiger partial charge in [0.05, 0.1) is 12.6 Å². The topological polar surface area (TPSA) is 81.4 Å². The van der Waals surface area contributed by atoms with Crippen molar-refractivity contribution in [2.24, 2.45) is 5.73 Å². The molecule has 1 aromatic carbocycles. The molecule has 3 N–H and O–H groups in total. The lowest BCUT2D eigenvalue weighted by molar-refractivity contribution is -0.149. The Balaban J connectivity index is 0.00000361. The van der Waals surface area contributed by atoms with Crippen LogP contribution >= 0.6 is 12.4 Å². The quantitative estimate of drug-likeness (QED) is 0.815. The normalized spacial score (nSPS) is 12.8. The van der Waals surface area contributed by atoms with Crippen LogP contribution in [-0.2, 0) is 14.3 Å². The van der Waals surface area contributed by atoms with Gasteiger partial charge in [-0.2, -0.15) is 0 Å². The van der Waals surface area contributed by atoms with Crippen molar-refractivity contribution < 1.29 is 18.7 Å². The summed E-state index contributed by atoms with van der Waals surface area (Å²) in [6.45, 7) is 3.09. The van der Waals surface area contributed by atoms with Crippen molar-refractivity contribution in [1.29, 1.82) is 0 Å². The highest BCUT2D eigenvalue weighted by Crippen LogP contribution is 2.20. The number of esters is 1. The monoisotopic (exact) mass is 304 g/mol. The van der Waals surface area contributed by atoms with Gasteiger partial charge in [0.2, 0.25) is 12.1 Å². The van der Waals surface area contributed by atoms with E-state index in [1.165, 1.54) is 6.92 Å². The van der Waals surface area contributed by atoms with Gasteiger partial charge in [-0.05, 0) is 24.6 Å². The molecule has 112 valence electrons. The smallest absolute Gasteiger partial charge is 0.342 e. The van der Waals surface area contributed by atoms with Crippen LogP contribution in [0, 0.1) is 0 Å². The molecule has 0 fully saturated rings. The summed E-state index contributed by atoms with van der Waals surface area (Å²) in [6, 6.07) is 5.21. The number of carbonyl (C=O) groups is 2. The Morgan fingerprint density at radius 2 is 1.90 bits per heavy atom. The number of nitrogens with two attached hydrogens (primary N) is 1. The number of amides is 1. The summed E-state index contributed by atoms with van der Waals surface area (Å²) < 4.78 is 18.3. The van der Waals surface area contributed by atoms with Crippen molar-refractivity contribution in [2.45, 2.75) is 26.1 Å². The lowest BCUT2D eigenvalue weighted by Gasteiger charge is -2.16. The van der Waals surface area contributed by atoms with Gasteiger partial charge in [-0.3, -0.25) is 4.79 Å². The first-order valence-electron chi connectivity index (χ1n) is 5.89. The maximum atomic E-state index is 13.7. The Labute approximate surface area is 123 Å². The predicted molar refractivity (Wildman–Crippen MR) is 76.5 cm³/mol. The minimum Gasteiger partial charge on any atom is -0.464 e. The summed E-state index contributed by atoms with van der Waals surface area (Å²) in [5.41, 5.74) is 6.69. The largest absolute Gasteiger partial charge is 0.464 e. The molecule has 0 radical (unpaired) electrons. The molecule has 2 atom stereocenters. The van der Waals surface area contributed by atoms with Gasteiger partial charge in [-0.15, -0.1) is 12.4 Å². The van der Waals surface area contributed by atoms with E-state index in [0.29, 0.717) is 11.3 Å². The second kappa shape index (κ2) is 8.50. The van der Waals surface area contributed by atoms with E-state index in [9.17, 15) is 14.0 Å². The van der Waals surface area contributed by atoms with Gasteiger partial charge in [0.15, 0.2) is 0 Å². The van der Waals surface area contributed by atoms with Crippen molar-refractivity contribution in [3.63, 3.8) is 0 Å². The molecule has 7 heteroatoms. The van der Waals surface area contributed by atoms with Gasteiger partial charge in [0.1, 0.15) is 0 Å². The maximum absolute atomic E-state index is 13.7. The van der Waals surface area contributed by atoms with Crippen molar-refractivity contribution in [3.8, 4) is 0 Å². The molecule has 5 nitrogen and oxygen atoms in total. The summed E-state index contributed by atoms with van der Waals surface area (Å²) in [7, 11) is 0. The number of rotatable bonds is 5. The average Bonchev–Trinajstić information content (AvgIpc) is 2.37. The van der Waals surface area contributed by atoms with Crippen LogP contribution in [0.4, 0.5) is 10.1 Å². The minimum absolute atomic E-state index is 0. The van der Waals surface area contributed by atoms with E-state index in [2.05, 4.69) is 10.1 Å². The Bertz CT molecular complexity index is 453. The number of carbonyl (C=O) groups excluding carboxylic acids is 2. The lowest BCUT2D eigenvalue weighted by atomic mass is 10.0. The standard InChI is InChI=1S/C13H17FN2O3.ClH/c1-3-19-13(18)11(14)12(15)9-4-6-10(7-5-9)16-8(2)17;/h4-7,11-12H,3,15H2,1-2H3,(H,16,17);1H/t11?,12-;/m1./s1. The van der Waals surface area contributed by atoms with E-state index in [4.69, 9.17) is 5.73 Å². The van der Waals surface area contributed by atoms with Crippen LogP contribution in [0.3, 0.4) is 0 Å². The van der Waals surface area contributed by atoms with Crippen molar-refractivity contribution in [2.75, 3.05) is 11.9 Å². The van der Waals surface area contributed by atoms with Crippen molar-refractivity contribution in [1.82, 2.24) is 0 Å². The fourth-order valence-electron chi connectivity index (χ4n) is 1.53. The van der Waals surface area contributed by atoms with E-state index in [1.807, 2.05) is 0 Å². The van der Waals surface area contributed by atoms with Gasteiger partial charge < -0.3 is 15.8 Å². The number of benzene rings is 1. The minimum atomic E-state index is -1.91. The van der Waals surface area contributed by atoms with Crippen LogP contribution < -0.4 is 11.1 Å². The highest BCUT2D eigenvalue weighted by atomic mass is 35.5. The van der Waals surface area contributed by atoms with E-state index in [1.54, 1.807) is 31.2 Å². The SMILES string of the molecule is CCOC(=O)C(F)[C@H](N)c1ccc(NC(C)=O)cc1.Cl. The molecule has 1 aromatic rings. The summed E-state index contributed by atoms with van der Waals surface area (Å²) in [5.74, 6) is -1.17. The van der Waals surface area contributed by atoms with Crippen molar-refractivity contribution in [3.05, 3.63) is 29.8 Å². The predicted octanol–water partition coefficient (Wildman–Crippen LogP) is 1.97. The highest BCUT2D eigenvalue weighted by molar-refractivity contribution is 5.88. The molecule has 0 heterocycles. The molecule has 1 amide bonds. The van der Waals surface area contributed by atoms with Crippen LogP contribution in [0.5, 0.6) is 0 Å². The van der Waals surface area contributed by atoms with Crippen LogP contribution in [0.1, 0.15) is 25.5 Å². The fraction of sp³-hybridized carbons (Fsp3) is 0.385. The molecular weight excluding hydrogens is 287 g/mol. The Hall–Kier alpha value is -1.66. The molecule has 0 saturated heterocycles. The number of hydrogen-bond donors (Lipinski definition) is 2. The van der Waals surface area contributed by atoms with Gasteiger partial charge in [0.25, 0.3) is 0 Å². The summed E-state index contributed by atoms with van der Waals surface area (Å²) in [5, 5.41) is 2.58. The first-order chi connectivity index (χ1) is 8.95. The molecule has 0 aliphatic heterocycles. The van der Waals surface area contributed by atoms with E-state index in [-0.39, 0.29) is 24.9 Å². The maximum Gasteiger partial charge on any atom is 0.342 e. The summed E-state index contributed by atoms with van der Waals surface area (Å²) >= 11 is 0. The van der Waals surface area contributed by atoms with Gasteiger partial charge in [-0.25, -0.2) is 9.18 Å². The molecule has 1 rings (SSSR count). The molecule has 1 unspecified atom stereocenters. The van der Waals surface area contributed by atoms with Gasteiger partial charge in [0, 0.05) is 12.6 Å². The Kier molecular flexibility index (Phi) is 7.79. The molecule has 0 aromatic heterocycles. The Morgan fingerprint density at radius 3 is 2.35 bits per heavy atom. The second-order valence-corrected chi connectivity index (χ2v) is 3.98. The number of alkyl halides is 1. The van der Waals surface area contributed by atoms with Crippen LogP contribution in [0.15, 0.2) is 24.3 Å². The van der Waals surface area contributed by atoms with Crippen LogP contribution in [-0.4, -0.2) is 24.7 Å². The molecular formula is C13H18ClFN2O3. The first kappa shape index (κ1) is 18.3. The summed E-state index contributed by atoms with van der Waals surface area (Å²) in [6.07, 6.45) is -1.91. The second-order valence-electron chi connectivity index (χ2n) is 3.98. The van der Waals surface area contributed by atoms with Crippen LogP contribution in [0.2, 0.25) is 0 Å². The molecule has 0 aliphatic carbocycles. The molecule has 0 aliphatic rings. The molecule has 20 heavy (non-hydrogen) atoms.